The normalized spacial score (nSPS) is 18.3. The number of thioether (sulfide) groups is 1. The minimum absolute atomic E-state index is 0.0398. The summed E-state index contributed by atoms with van der Waals surface area (Å²) in [5.74, 6) is 1.81. The molecule has 1 amide bonds. The summed E-state index contributed by atoms with van der Waals surface area (Å²) in [4.78, 5) is 20.1. The molecule has 0 N–H and O–H groups in total. The molecule has 6 rings (SSSR count). The molecule has 0 radical (unpaired) electrons. The van der Waals surface area contributed by atoms with Gasteiger partial charge in [-0.3, -0.25) is 14.0 Å². The lowest BCUT2D eigenvalue weighted by Crippen LogP contribution is -2.38. The second-order valence-electron chi connectivity index (χ2n) is 9.86. The minimum atomic E-state index is -3.96. The zero-order chi connectivity index (χ0) is 28.9. The highest BCUT2D eigenvalue weighted by Gasteiger charge is 2.44. The number of carbonyl (C=O) groups excluding carboxylic acids is 1. The van der Waals surface area contributed by atoms with Gasteiger partial charge in [-0.15, -0.1) is 0 Å². The highest BCUT2D eigenvalue weighted by Crippen LogP contribution is 2.50. The number of amidine groups is 1. The lowest BCUT2D eigenvalue weighted by molar-refractivity contribution is -0.125. The van der Waals surface area contributed by atoms with E-state index in [0.29, 0.717) is 51.5 Å². The van der Waals surface area contributed by atoms with Crippen molar-refractivity contribution in [2.45, 2.75) is 24.3 Å². The van der Waals surface area contributed by atoms with Crippen molar-refractivity contribution in [3.63, 3.8) is 0 Å². The number of anilines is 1. The molecule has 0 saturated carbocycles. The van der Waals surface area contributed by atoms with Gasteiger partial charge in [0.1, 0.15) is 5.75 Å². The number of ether oxygens (including phenoxy) is 3. The third-order valence-corrected chi connectivity index (χ3v) is 10.3. The van der Waals surface area contributed by atoms with Crippen LogP contribution in [0.3, 0.4) is 0 Å². The fourth-order valence-corrected chi connectivity index (χ4v) is 7.85. The summed E-state index contributed by atoms with van der Waals surface area (Å²) in [6.07, 6.45) is 0.349. The zero-order valence-corrected chi connectivity index (χ0v) is 24.7. The van der Waals surface area contributed by atoms with Crippen molar-refractivity contribution in [2.24, 2.45) is 4.99 Å². The fourth-order valence-electron chi connectivity index (χ4n) is 5.48. The smallest absolute Gasteiger partial charge is 0.264 e. The quantitative estimate of drug-likeness (QED) is 0.397. The highest BCUT2D eigenvalue weighted by molar-refractivity contribution is 8.15. The second kappa shape index (κ2) is 10.5. The zero-order valence-electron chi connectivity index (χ0n) is 23.1. The van der Waals surface area contributed by atoms with E-state index in [1.807, 2.05) is 31.2 Å². The predicted octanol–water partition coefficient (Wildman–Crippen LogP) is 5.02. The van der Waals surface area contributed by atoms with Crippen molar-refractivity contribution in [3.05, 3.63) is 82.9 Å². The Bertz CT molecular complexity index is 1700. The van der Waals surface area contributed by atoms with Gasteiger partial charge in [0.15, 0.2) is 16.7 Å². The Labute approximate surface area is 243 Å². The Morgan fingerprint density at radius 3 is 2.27 bits per heavy atom. The van der Waals surface area contributed by atoms with Crippen LogP contribution in [-0.4, -0.2) is 58.0 Å². The van der Waals surface area contributed by atoms with Crippen LogP contribution in [0.15, 0.2) is 76.1 Å². The van der Waals surface area contributed by atoms with Gasteiger partial charge in [0.05, 0.1) is 49.4 Å². The molecule has 3 heterocycles. The van der Waals surface area contributed by atoms with Crippen LogP contribution in [0.2, 0.25) is 0 Å². The number of benzene rings is 3. The summed E-state index contributed by atoms with van der Waals surface area (Å²) in [5, 5.41) is 0.588. The van der Waals surface area contributed by atoms with Gasteiger partial charge in [-0.25, -0.2) is 13.4 Å². The number of nitrogens with zero attached hydrogens (tertiary/aromatic N) is 3. The maximum atomic E-state index is 14.2. The first-order chi connectivity index (χ1) is 19.8. The van der Waals surface area contributed by atoms with Gasteiger partial charge in [0, 0.05) is 18.2 Å². The van der Waals surface area contributed by atoms with E-state index in [1.165, 1.54) is 30.3 Å². The van der Waals surface area contributed by atoms with E-state index < -0.39 is 16.1 Å². The Hall–Kier alpha value is -3.96. The molecule has 3 aliphatic rings. The van der Waals surface area contributed by atoms with Crippen molar-refractivity contribution >= 4 is 44.2 Å². The molecule has 0 bridgehead atoms. The van der Waals surface area contributed by atoms with Crippen molar-refractivity contribution in [2.75, 3.05) is 37.9 Å². The number of hydrogen-bond acceptors (Lipinski definition) is 8. The number of carbonyl (C=O) groups is 1. The molecule has 1 saturated heterocycles. The third kappa shape index (κ3) is 4.53. The number of sulfonamides is 1. The lowest BCUT2D eigenvalue weighted by atomic mass is 9.90. The van der Waals surface area contributed by atoms with Crippen molar-refractivity contribution in [1.29, 1.82) is 0 Å². The SMILES string of the molecule is COc1ccc(C2C3=C(N=C4SCC(=O)N42)c2cc(OC)c(OC)cc2N(S(=O)(=O)c2ccc(C)cc2)CC3)cc1. The predicted molar refractivity (Wildman–Crippen MR) is 159 cm³/mol. The van der Waals surface area contributed by atoms with Gasteiger partial charge >= 0.3 is 0 Å². The van der Waals surface area contributed by atoms with E-state index in [-0.39, 0.29) is 17.3 Å². The monoisotopic (exact) mass is 591 g/mol. The van der Waals surface area contributed by atoms with E-state index in [4.69, 9.17) is 19.2 Å². The topological polar surface area (TPSA) is 97.7 Å². The summed E-state index contributed by atoms with van der Waals surface area (Å²) in [6, 6.07) is 17.4. The Kier molecular flexibility index (Phi) is 6.95. The largest absolute Gasteiger partial charge is 0.497 e. The van der Waals surface area contributed by atoms with Crippen molar-refractivity contribution in [1.82, 2.24) is 4.90 Å². The molecule has 212 valence electrons. The Balaban J connectivity index is 1.58. The molecule has 41 heavy (non-hydrogen) atoms. The summed E-state index contributed by atoms with van der Waals surface area (Å²) in [7, 11) is 0.698. The van der Waals surface area contributed by atoms with E-state index in [0.717, 1.165) is 16.7 Å². The van der Waals surface area contributed by atoms with Gasteiger partial charge in [-0.2, -0.15) is 0 Å². The summed E-state index contributed by atoms with van der Waals surface area (Å²) in [6.45, 7) is 2.06. The molecule has 9 nitrogen and oxygen atoms in total. The van der Waals surface area contributed by atoms with Gasteiger partial charge in [0.2, 0.25) is 5.91 Å². The van der Waals surface area contributed by atoms with Crippen LogP contribution < -0.4 is 18.5 Å². The van der Waals surface area contributed by atoms with E-state index in [9.17, 15) is 13.2 Å². The first-order valence-electron chi connectivity index (χ1n) is 13.0. The standard InChI is InChI=1S/C30H29N3O6S2/c1-18-5-11-21(12-6-18)41(35,36)32-14-13-22-28(23-15-25(38-3)26(39-4)16-24(23)32)31-30-33(27(34)17-40-30)29(22)19-7-9-20(37-2)10-8-19/h5-12,15-16,29H,13-14,17H2,1-4H3. The molecule has 3 aliphatic heterocycles. The van der Waals surface area contributed by atoms with Crippen LogP contribution >= 0.6 is 11.8 Å². The van der Waals surface area contributed by atoms with E-state index in [1.54, 1.807) is 48.4 Å². The van der Waals surface area contributed by atoms with Crippen LogP contribution in [0.1, 0.15) is 29.2 Å². The maximum absolute atomic E-state index is 14.2. The first-order valence-corrected chi connectivity index (χ1v) is 15.5. The van der Waals surface area contributed by atoms with Crippen LogP contribution in [0.5, 0.6) is 17.2 Å². The number of aryl methyl sites for hydroxylation is 1. The molecule has 3 aromatic carbocycles. The summed E-state index contributed by atoms with van der Waals surface area (Å²) in [5.41, 5.74) is 4.37. The van der Waals surface area contributed by atoms with Crippen LogP contribution in [-0.2, 0) is 14.8 Å². The Morgan fingerprint density at radius 2 is 1.61 bits per heavy atom. The van der Waals surface area contributed by atoms with Crippen LogP contribution in [0, 0.1) is 6.92 Å². The summed E-state index contributed by atoms with van der Waals surface area (Å²) >= 11 is 1.38. The van der Waals surface area contributed by atoms with Crippen LogP contribution in [0.25, 0.3) is 5.70 Å². The molecule has 0 spiro atoms. The van der Waals surface area contributed by atoms with E-state index in [2.05, 4.69) is 0 Å². The van der Waals surface area contributed by atoms with Gasteiger partial charge in [-0.05, 0) is 54.8 Å². The van der Waals surface area contributed by atoms with Crippen LogP contribution in [0.4, 0.5) is 5.69 Å². The molecule has 3 aromatic rings. The number of fused-ring (bicyclic) bond motifs is 3. The number of amides is 1. The third-order valence-electron chi connectivity index (χ3n) is 7.55. The Morgan fingerprint density at radius 1 is 0.927 bits per heavy atom. The lowest BCUT2D eigenvalue weighted by Gasteiger charge is -2.34. The highest BCUT2D eigenvalue weighted by atomic mass is 32.2. The number of hydrogen-bond donors (Lipinski definition) is 0. The molecule has 0 aromatic heterocycles. The molecular weight excluding hydrogens is 562 g/mol. The van der Waals surface area contributed by atoms with Crippen molar-refractivity contribution in [3.8, 4) is 17.2 Å². The van der Waals surface area contributed by atoms with Gasteiger partial charge in [0.25, 0.3) is 10.0 Å². The molecule has 1 atom stereocenters. The maximum Gasteiger partial charge on any atom is 0.264 e. The molecule has 1 unspecified atom stereocenters. The first kappa shape index (κ1) is 27.2. The molecule has 11 heteroatoms. The molecule has 0 aliphatic carbocycles. The molecule has 1 fully saturated rings. The number of methoxy groups -OCH3 is 3. The summed E-state index contributed by atoms with van der Waals surface area (Å²) < 4.78 is 46.3. The van der Waals surface area contributed by atoms with Crippen molar-refractivity contribution < 1.29 is 27.4 Å². The number of aliphatic imine (C=N–C) groups is 1. The van der Waals surface area contributed by atoms with Gasteiger partial charge < -0.3 is 14.2 Å². The fraction of sp³-hybridized carbons (Fsp3) is 0.267. The molecular formula is C30H29N3O6S2. The minimum Gasteiger partial charge on any atom is -0.497 e. The van der Waals surface area contributed by atoms with E-state index >= 15 is 0 Å². The average molecular weight is 592 g/mol. The average Bonchev–Trinajstić information content (AvgIpc) is 3.27. The number of rotatable bonds is 6. The second-order valence-corrected chi connectivity index (χ2v) is 12.7. The van der Waals surface area contributed by atoms with Gasteiger partial charge in [-0.1, -0.05) is 41.6 Å².